The number of rotatable bonds is 5. The molecule has 3 N–H and O–H groups in total. The van der Waals surface area contributed by atoms with Crippen LogP contribution in [0.25, 0.3) is 17.0 Å². The summed E-state index contributed by atoms with van der Waals surface area (Å²) in [5, 5.41) is 3.96. The predicted molar refractivity (Wildman–Crippen MR) is 124 cm³/mol. The van der Waals surface area contributed by atoms with E-state index in [4.69, 9.17) is 5.73 Å². The van der Waals surface area contributed by atoms with Gasteiger partial charge in [0.1, 0.15) is 5.84 Å². The number of nitrogens with two attached hydrogens (primary N) is 1. The lowest BCUT2D eigenvalue weighted by molar-refractivity contribution is -0.111. The maximum absolute atomic E-state index is 12.2. The van der Waals surface area contributed by atoms with Gasteiger partial charge in [-0.3, -0.25) is 4.79 Å². The van der Waals surface area contributed by atoms with Crippen LogP contribution in [0.3, 0.4) is 0 Å². The number of amidine groups is 1. The first-order valence-corrected chi connectivity index (χ1v) is 9.62. The van der Waals surface area contributed by atoms with E-state index in [0.717, 1.165) is 22.0 Å². The third-order valence-corrected chi connectivity index (χ3v) is 4.77. The number of carbonyl (C=O) groups is 1. The number of nitrogens with zero attached hydrogens (tertiary/aromatic N) is 2. The van der Waals surface area contributed by atoms with Gasteiger partial charge in [0.05, 0.1) is 5.69 Å². The molecule has 0 spiro atoms. The zero-order valence-electron chi connectivity index (χ0n) is 16.6. The number of hydrogen-bond donors (Lipinski definition) is 2. The van der Waals surface area contributed by atoms with Gasteiger partial charge < -0.3 is 15.6 Å². The lowest BCUT2D eigenvalue weighted by Crippen LogP contribution is -2.12. The normalized spacial score (nSPS) is 11.8. The molecule has 0 radical (unpaired) electrons. The highest BCUT2D eigenvalue weighted by Gasteiger charge is 2.04. The van der Waals surface area contributed by atoms with Crippen molar-refractivity contribution in [1.29, 1.82) is 0 Å². The van der Waals surface area contributed by atoms with Gasteiger partial charge in [0.25, 0.3) is 0 Å². The largest absolute Gasteiger partial charge is 0.383 e. The van der Waals surface area contributed by atoms with Crippen LogP contribution in [0.5, 0.6) is 0 Å². The van der Waals surface area contributed by atoms with Crippen LogP contribution in [0, 0.1) is 0 Å². The zero-order valence-corrected chi connectivity index (χ0v) is 16.6. The number of aryl methyl sites for hydroxylation is 1. The Morgan fingerprint density at radius 1 is 1.00 bits per heavy atom. The Kier molecular flexibility index (Phi) is 5.44. The van der Waals surface area contributed by atoms with Crippen LogP contribution >= 0.6 is 0 Å². The number of carbonyl (C=O) groups excluding carboxylic acids is 1. The lowest BCUT2D eigenvalue weighted by atomic mass is 10.1. The van der Waals surface area contributed by atoms with Crippen molar-refractivity contribution in [2.75, 3.05) is 5.32 Å². The van der Waals surface area contributed by atoms with Crippen molar-refractivity contribution in [3.63, 3.8) is 0 Å². The topological polar surface area (TPSA) is 72.4 Å². The monoisotopic (exact) mass is 394 g/mol. The third kappa shape index (κ3) is 4.47. The second kappa shape index (κ2) is 8.49. The summed E-state index contributed by atoms with van der Waals surface area (Å²) in [4.78, 5) is 16.7. The molecule has 148 valence electrons. The fourth-order valence-corrected chi connectivity index (χ4v) is 3.22. The first kappa shape index (κ1) is 19.2. The average Bonchev–Trinajstić information content (AvgIpc) is 3.13. The Balaban J connectivity index is 1.49. The number of aromatic nitrogens is 1. The highest BCUT2D eigenvalue weighted by Crippen LogP contribution is 2.21. The van der Waals surface area contributed by atoms with Gasteiger partial charge >= 0.3 is 0 Å². The van der Waals surface area contributed by atoms with Crippen LogP contribution in [0.2, 0.25) is 0 Å². The fourth-order valence-electron chi connectivity index (χ4n) is 3.22. The zero-order chi connectivity index (χ0) is 20.9. The van der Waals surface area contributed by atoms with E-state index in [-0.39, 0.29) is 5.91 Å². The first-order valence-electron chi connectivity index (χ1n) is 9.62. The molecule has 0 saturated carbocycles. The molecule has 5 heteroatoms. The molecule has 0 aliphatic heterocycles. The minimum Gasteiger partial charge on any atom is -0.383 e. The van der Waals surface area contributed by atoms with E-state index in [0.29, 0.717) is 17.2 Å². The number of nitrogens with one attached hydrogen (secondary N) is 1. The number of hydrogen-bond acceptors (Lipinski definition) is 2. The Morgan fingerprint density at radius 3 is 2.67 bits per heavy atom. The van der Waals surface area contributed by atoms with Crippen LogP contribution < -0.4 is 11.1 Å². The molecule has 4 rings (SSSR count). The van der Waals surface area contributed by atoms with E-state index >= 15 is 0 Å². The van der Waals surface area contributed by atoms with Crippen LogP contribution in [0.1, 0.15) is 11.1 Å². The SMILES string of the molecule is Cn1ccc2cc(C(N)=Nc3cccc(NC(=O)C=Cc4ccccc4)c3)ccc21. The number of amides is 1. The second-order valence-corrected chi connectivity index (χ2v) is 6.98. The molecular formula is C25H22N4O. The summed E-state index contributed by atoms with van der Waals surface area (Å²) in [7, 11) is 2.01. The summed E-state index contributed by atoms with van der Waals surface area (Å²) in [6, 6.07) is 25.0. The number of benzene rings is 3. The minimum absolute atomic E-state index is 0.206. The maximum atomic E-state index is 12.2. The van der Waals surface area contributed by atoms with Crippen molar-refractivity contribution in [2.24, 2.45) is 17.8 Å². The molecular weight excluding hydrogens is 372 g/mol. The van der Waals surface area contributed by atoms with Crippen LogP contribution in [0.15, 0.2) is 96.1 Å². The molecule has 3 aromatic carbocycles. The van der Waals surface area contributed by atoms with Gasteiger partial charge in [-0.05, 0) is 54.1 Å². The minimum atomic E-state index is -0.206. The molecule has 0 fully saturated rings. The molecule has 30 heavy (non-hydrogen) atoms. The molecule has 0 bridgehead atoms. The number of anilines is 1. The van der Waals surface area contributed by atoms with Gasteiger partial charge in [-0.1, -0.05) is 36.4 Å². The highest BCUT2D eigenvalue weighted by molar-refractivity contribution is 6.03. The second-order valence-electron chi connectivity index (χ2n) is 6.98. The quantitative estimate of drug-likeness (QED) is 0.288. The summed E-state index contributed by atoms with van der Waals surface area (Å²) in [6.07, 6.45) is 5.30. The summed E-state index contributed by atoms with van der Waals surface area (Å²) < 4.78 is 2.06. The molecule has 0 atom stereocenters. The van der Waals surface area contributed by atoms with Crippen molar-refractivity contribution in [2.45, 2.75) is 0 Å². The van der Waals surface area contributed by atoms with Crippen molar-refractivity contribution < 1.29 is 4.79 Å². The van der Waals surface area contributed by atoms with Crippen LogP contribution in [0.4, 0.5) is 11.4 Å². The molecule has 0 aliphatic rings. The van der Waals surface area contributed by atoms with E-state index in [1.54, 1.807) is 12.1 Å². The van der Waals surface area contributed by atoms with Crippen molar-refractivity contribution in [3.05, 3.63) is 102 Å². The molecule has 1 aromatic heterocycles. The maximum Gasteiger partial charge on any atom is 0.248 e. The van der Waals surface area contributed by atoms with Crippen molar-refractivity contribution in [1.82, 2.24) is 4.57 Å². The van der Waals surface area contributed by atoms with Gasteiger partial charge in [-0.2, -0.15) is 0 Å². The lowest BCUT2D eigenvalue weighted by Gasteiger charge is -2.05. The Bertz CT molecular complexity index is 1250. The molecule has 1 heterocycles. The standard InChI is InChI=1S/C25H22N4O/c1-29-15-14-19-16-20(11-12-23(19)29)25(26)28-22-9-5-8-21(17-22)27-24(30)13-10-18-6-3-2-4-7-18/h2-17H,1H3,(H2,26,28)(H,27,30). The molecule has 4 aromatic rings. The fraction of sp³-hybridized carbons (Fsp3) is 0.0400. The van der Waals surface area contributed by atoms with E-state index in [1.807, 2.05) is 86.0 Å². The summed E-state index contributed by atoms with van der Waals surface area (Å²) in [5.41, 5.74) is 10.5. The molecule has 1 amide bonds. The van der Waals surface area contributed by atoms with Gasteiger partial charge in [0.15, 0.2) is 0 Å². The molecule has 0 unspecified atom stereocenters. The number of fused-ring (bicyclic) bond motifs is 1. The molecule has 5 nitrogen and oxygen atoms in total. The highest BCUT2D eigenvalue weighted by atomic mass is 16.1. The molecule has 0 saturated heterocycles. The van der Waals surface area contributed by atoms with Crippen molar-refractivity contribution >= 4 is 40.1 Å². The van der Waals surface area contributed by atoms with Crippen LogP contribution in [-0.4, -0.2) is 16.3 Å². The molecule has 0 aliphatic carbocycles. The van der Waals surface area contributed by atoms with E-state index < -0.39 is 0 Å². The first-order chi connectivity index (χ1) is 14.6. The Morgan fingerprint density at radius 2 is 1.83 bits per heavy atom. The van der Waals surface area contributed by atoms with Crippen molar-refractivity contribution in [3.8, 4) is 0 Å². The summed E-state index contributed by atoms with van der Waals surface area (Å²) in [5.74, 6) is 0.218. The Labute approximate surface area is 175 Å². The predicted octanol–water partition coefficient (Wildman–Crippen LogP) is 4.87. The van der Waals surface area contributed by atoms with Gasteiger partial charge in [0.2, 0.25) is 5.91 Å². The van der Waals surface area contributed by atoms with E-state index in [1.165, 1.54) is 6.08 Å². The van der Waals surface area contributed by atoms with E-state index in [2.05, 4.69) is 14.9 Å². The van der Waals surface area contributed by atoms with Gasteiger partial charge in [-0.15, -0.1) is 0 Å². The van der Waals surface area contributed by atoms with Crippen LogP contribution in [-0.2, 0) is 11.8 Å². The Hall–Kier alpha value is -4.12. The smallest absolute Gasteiger partial charge is 0.248 e. The summed E-state index contributed by atoms with van der Waals surface area (Å²) in [6.45, 7) is 0. The third-order valence-electron chi connectivity index (χ3n) is 4.77. The summed E-state index contributed by atoms with van der Waals surface area (Å²) >= 11 is 0. The van der Waals surface area contributed by atoms with Gasteiger partial charge in [-0.25, -0.2) is 4.99 Å². The van der Waals surface area contributed by atoms with E-state index in [9.17, 15) is 4.79 Å². The van der Waals surface area contributed by atoms with Gasteiger partial charge in [0, 0.05) is 41.5 Å². The number of aliphatic imine (C=N–C) groups is 1. The average molecular weight is 394 g/mol.